The minimum Gasteiger partial charge on any atom is -0.352 e. The number of imidazole rings is 1. The van der Waals surface area contributed by atoms with E-state index in [9.17, 15) is 9.59 Å². The number of fused-ring (bicyclic) bond motifs is 1. The van der Waals surface area contributed by atoms with Crippen LogP contribution in [0.4, 0.5) is 5.69 Å². The molecule has 0 radical (unpaired) electrons. The van der Waals surface area contributed by atoms with Gasteiger partial charge in [-0.25, -0.2) is 4.98 Å². The van der Waals surface area contributed by atoms with Gasteiger partial charge in [0.25, 0.3) is 5.91 Å². The lowest BCUT2D eigenvalue weighted by Crippen LogP contribution is -2.27. The van der Waals surface area contributed by atoms with Crippen LogP contribution in [0, 0.1) is 13.8 Å². The molecule has 32 heavy (non-hydrogen) atoms. The second kappa shape index (κ2) is 9.47. The van der Waals surface area contributed by atoms with Crippen molar-refractivity contribution in [3.05, 3.63) is 95.3 Å². The van der Waals surface area contributed by atoms with E-state index in [2.05, 4.69) is 10.6 Å². The van der Waals surface area contributed by atoms with Crippen molar-refractivity contribution in [1.82, 2.24) is 14.9 Å². The summed E-state index contributed by atoms with van der Waals surface area (Å²) in [5.74, 6) is 0.528. The van der Waals surface area contributed by atoms with Crippen LogP contribution in [0.15, 0.2) is 72.8 Å². The number of carbonyl (C=O) groups excluding carboxylic acids is 2. The normalized spacial score (nSPS) is 10.8. The molecule has 0 saturated heterocycles. The zero-order valence-corrected chi connectivity index (χ0v) is 18.3. The maximum atomic E-state index is 12.7. The fraction of sp³-hybridized carbons (Fsp3) is 0.192. The quantitative estimate of drug-likeness (QED) is 0.464. The molecule has 0 unspecified atom stereocenters. The molecule has 3 aromatic carbocycles. The maximum absolute atomic E-state index is 12.7. The molecule has 0 aliphatic carbocycles. The van der Waals surface area contributed by atoms with Crippen molar-refractivity contribution in [1.29, 1.82) is 0 Å². The molecule has 0 atom stereocenters. The van der Waals surface area contributed by atoms with Crippen LogP contribution in [0.5, 0.6) is 0 Å². The molecule has 2 amide bonds. The van der Waals surface area contributed by atoms with Crippen LogP contribution < -0.4 is 10.6 Å². The first-order valence-electron chi connectivity index (χ1n) is 10.7. The van der Waals surface area contributed by atoms with Gasteiger partial charge in [-0.1, -0.05) is 48.0 Å². The van der Waals surface area contributed by atoms with E-state index in [-0.39, 0.29) is 18.4 Å². The van der Waals surface area contributed by atoms with Gasteiger partial charge in [0, 0.05) is 24.2 Å². The van der Waals surface area contributed by atoms with Crippen molar-refractivity contribution in [2.24, 2.45) is 0 Å². The van der Waals surface area contributed by atoms with Crippen LogP contribution in [0.25, 0.3) is 11.0 Å². The first-order chi connectivity index (χ1) is 15.5. The van der Waals surface area contributed by atoms with Crippen molar-refractivity contribution in [3.8, 4) is 0 Å². The third kappa shape index (κ3) is 4.86. The molecule has 0 saturated carbocycles. The number of hydrogen-bond donors (Lipinski definition) is 2. The van der Waals surface area contributed by atoms with Gasteiger partial charge in [-0.05, 0) is 49.7 Å². The summed E-state index contributed by atoms with van der Waals surface area (Å²) < 4.78 is 1.92. The SMILES string of the molecule is Cc1ccc(NC(=O)Cn2c(CCNC(=O)c3ccccc3C)nc3ccccc32)cc1. The lowest BCUT2D eigenvalue weighted by atomic mass is 10.1. The van der Waals surface area contributed by atoms with Crippen molar-refractivity contribution < 1.29 is 9.59 Å². The lowest BCUT2D eigenvalue weighted by molar-refractivity contribution is -0.116. The number of anilines is 1. The Bertz CT molecular complexity index is 1260. The van der Waals surface area contributed by atoms with E-state index in [4.69, 9.17) is 4.98 Å². The monoisotopic (exact) mass is 426 g/mol. The molecule has 162 valence electrons. The largest absolute Gasteiger partial charge is 0.352 e. The molecule has 0 aliphatic heterocycles. The van der Waals surface area contributed by atoms with Gasteiger partial charge < -0.3 is 15.2 Å². The first-order valence-corrected chi connectivity index (χ1v) is 10.7. The zero-order valence-electron chi connectivity index (χ0n) is 18.3. The molecule has 0 fully saturated rings. The van der Waals surface area contributed by atoms with Gasteiger partial charge in [0.15, 0.2) is 0 Å². The Hall–Kier alpha value is -3.93. The van der Waals surface area contributed by atoms with Crippen LogP contribution in [0.1, 0.15) is 27.3 Å². The molecular formula is C26H26N4O2. The minimum absolute atomic E-state index is 0.108. The summed E-state index contributed by atoms with van der Waals surface area (Å²) in [5, 5.41) is 5.91. The zero-order chi connectivity index (χ0) is 22.5. The number of amides is 2. The van der Waals surface area contributed by atoms with E-state index in [1.165, 1.54) is 0 Å². The highest BCUT2D eigenvalue weighted by atomic mass is 16.2. The second-order valence-corrected chi connectivity index (χ2v) is 7.84. The highest BCUT2D eigenvalue weighted by Gasteiger charge is 2.15. The number of nitrogens with one attached hydrogen (secondary N) is 2. The summed E-state index contributed by atoms with van der Waals surface area (Å²) in [6.07, 6.45) is 0.518. The Labute approximate surface area is 187 Å². The fourth-order valence-corrected chi connectivity index (χ4v) is 3.68. The van der Waals surface area contributed by atoms with E-state index < -0.39 is 0 Å². The Morgan fingerprint density at radius 3 is 2.41 bits per heavy atom. The van der Waals surface area contributed by atoms with E-state index in [0.29, 0.717) is 18.5 Å². The number of hydrogen-bond acceptors (Lipinski definition) is 3. The molecule has 0 bridgehead atoms. The predicted molar refractivity (Wildman–Crippen MR) is 127 cm³/mol. The molecule has 4 aromatic rings. The highest BCUT2D eigenvalue weighted by molar-refractivity contribution is 5.95. The van der Waals surface area contributed by atoms with Gasteiger partial charge in [0.1, 0.15) is 12.4 Å². The van der Waals surface area contributed by atoms with Gasteiger partial charge in [-0.2, -0.15) is 0 Å². The molecule has 4 rings (SSSR count). The number of rotatable bonds is 7. The van der Waals surface area contributed by atoms with Crippen LogP contribution in [0.2, 0.25) is 0 Å². The summed E-state index contributed by atoms with van der Waals surface area (Å²) in [7, 11) is 0. The molecule has 6 nitrogen and oxygen atoms in total. The smallest absolute Gasteiger partial charge is 0.251 e. The third-order valence-electron chi connectivity index (χ3n) is 5.39. The van der Waals surface area contributed by atoms with E-state index >= 15 is 0 Å². The van der Waals surface area contributed by atoms with Crippen molar-refractivity contribution >= 4 is 28.5 Å². The van der Waals surface area contributed by atoms with E-state index in [1.807, 2.05) is 91.2 Å². The van der Waals surface area contributed by atoms with Crippen LogP contribution >= 0.6 is 0 Å². The number of nitrogens with zero attached hydrogens (tertiary/aromatic N) is 2. The summed E-state index contributed by atoms with van der Waals surface area (Å²) in [4.78, 5) is 30.0. The van der Waals surface area contributed by atoms with Gasteiger partial charge in [-0.15, -0.1) is 0 Å². The highest BCUT2D eigenvalue weighted by Crippen LogP contribution is 2.17. The second-order valence-electron chi connectivity index (χ2n) is 7.84. The molecule has 1 heterocycles. The van der Waals surface area contributed by atoms with E-state index in [0.717, 1.165) is 33.7 Å². The Balaban J connectivity index is 1.47. The third-order valence-corrected chi connectivity index (χ3v) is 5.39. The molecule has 6 heteroatoms. The van der Waals surface area contributed by atoms with Gasteiger partial charge >= 0.3 is 0 Å². The van der Waals surface area contributed by atoms with Crippen molar-refractivity contribution in [3.63, 3.8) is 0 Å². The Morgan fingerprint density at radius 1 is 0.906 bits per heavy atom. The molecule has 0 aliphatic rings. The minimum atomic E-state index is -0.123. The Kier molecular flexibility index (Phi) is 6.31. The molecule has 2 N–H and O–H groups in total. The average Bonchev–Trinajstić information content (AvgIpc) is 3.13. The fourth-order valence-electron chi connectivity index (χ4n) is 3.68. The first kappa shape index (κ1) is 21.3. The van der Waals surface area contributed by atoms with Crippen molar-refractivity contribution in [2.75, 3.05) is 11.9 Å². The van der Waals surface area contributed by atoms with Crippen LogP contribution in [0.3, 0.4) is 0 Å². The average molecular weight is 427 g/mol. The summed E-state index contributed by atoms with van der Waals surface area (Å²) in [5.41, 5.74) is 5.22. The number of aromatic nitrogens is 2. The molecule has 1 aromatic heterocycles. The predicted octanol–water partition coefficient (Wildman–Crippen LogP) is 4.26. The summed E-state index contributed by atoms with van der Waals surface area (Å²) in [6.45, 7) is 4.50. The van der Waals surface area contributed by atoms with Gasteiger partial charge in [0.2, 0.25) is 5.91 Å². The van der Waals surface area contributed by atoms with E-state index in [1.54, 1.807) is 0 Å². The topological polar surface area (TPSA) is 76.0 Å². The molecular weight excluding hydrogens is 400 g/mol. The van der Waals surface area contributed by atoms with Crippen LogP contribution in [-0.4, -0.2) is 27.9 Å². The molecule has 0 spiro atoms. The Morgan fingerprint density at radius 2 is 1.62 bits per heavy atom. The maximum Gasteiger partial charge on any atom is 0.251 e. The summed E-state index contributed by atoms with van der Waals surface area (Å²) >= 11 is 0. The van der Waals surface area contributed by atoms with Gasteiger partial charge in [-0.3, -0.25) is 9.59 Å². The lowest BCUT2D eigenvalue weighted by Gasteiger charge is -2.11. The number of aryl methyl sites for hydroxylation is 2. The van der Waals surface area contributed by atoms with Crippen LogP contribution in [-0.2, 0) is 17.8 Å². The van der Waals surface area contributed by atoms with Gasteiger partial charge in [0.05, 0.1) is 11.0 Å². The summed E-state index contributed by atoms with van der Waals surface area (Å²) in [6, 6.07) is 23.0. The number of benzene rings is 3. The van der Waals surface area contributed by atoms with Crippen molar-refractivity contribution in [2.45, 2.75) is 26.8 Å². The number of para-hydroxylation sites is 2. The standard InChI is InChI=1S/C26H26N4O2/c1-18-11-13-20(14-12-18)28-25(31)17-30-23-10-6-5-9-22(23)29-24(30)15-16-27-26(32)21-8-4-3-7-19(21)2/h3-14H,15-17H2,1-2H3,(H,27,32)(H,28,31). The number of carbonyl (C=O) groups is 2.